The number of methoxy groups -OCH3 is 2. The molecule has 3 aromatic carbocycles. The number of nitrogens with one attached hydrogen (secondary N) is 2. The van der Waals surface area contributed by atoms with Gasteiger partial charge in [0.25, 0.3) is 0 Å². The van der Waals surface area contributed by atoms with Crippen LogP contribution >= 0.6 is 0 Å². The molecule has 0 atom stereocenters. The maximum atomic E-state index is 5.11. The predicted octanol–water partition coefficient (Wildman–Crippen LogP) is 5.18. The second-order valence-electron chi connectivity index (χ2n) is 5.20. The molecular formula is C21H24N2O2. The summed E-state index contributed by atoms with van der Waals surface area (Å²) in [6.07, 6.45) is 0. The van der Waals surface area contributed by atoms with Crippen LogP contribution in [-0.2, 0) is 0 Å². The van der Waals surface area contributed by atoms with Crippen molar-refractivity contribution in [2.75, 3.05) is 31.9 Å². The molecule has 0 bridgehead atoms. The minimum atomic E-state index is 0.852. The first-order valence-corrected chi connectivity index (χ1v) is 8.03. The number of ether oxygens (including phenoxy) is 2. The lowest BCUT2D eigenvalue weighted by molar-refractivity contribution is 0.415. The minimum Gasteiger partial charge on any atom is -0.497 e. The number of hydrogen-bond donors (Lipinski definition) is 2. The first-order chi connectivity index (χ1) is 12.2. The van der Waals surface area contributed by atoms with Crippen molar-refractivity contribution in [1.29, 1.82) is 0 Å². The summed E-state index contributed by atoms with van der Waals surface area (Å²) >= 11 is 0. The van der Waals surface area contributed by atoms with E-state index < -0.39 is 0 Å². The largest absolute Gasteiger partial charge is 0.497 e. The van der Waals surface area contributed by atoms with Crippen LogP contribution in [0.3, 0.4) is 0 Å². The van der Waals surface area contributed by atoms with Gasteiger partial charge in [0.15, 0.2) is 0 Å². The SMILES string of the molecule is CNc1ccccc1.COc1ccc(Nc2ccc(OC)cc2)cc1. The van der Waals surface area contributed by atoms with Crippen LogP contribution in [0.4, 0.5) is 17.1 Å². The van der Waals surface area contributed by atoms with Crippen molar-refractivity contribution >= 4 is 17.1 Å². The zero-order valence-corrected chi connectivity index (χ0v) is 14.8. The second kappa shape index (κ2) is 9.88. The number of benzene rings is 3. The van der Waals surface area contributed by atoms with Crippen molar-refractivity contribution in [3.8, 4) is 11.5 Å². The molecule has 0 fully saturated rings. The molecule has 0 saturated heterocycles. The van der Waals surface area contributed by atoms with Crippen molar-refractivity contribution in [2.24, 2.45) is 0 Å². The Balaban J connectivity index is 0.000000236. The molecule has 0 aliphatic carbocycles. The summed E-state index contributed by atoms with van der Waals surface area (Å²) in [6.45, 7) is 0. The van der Waals surface area contributed by atoms with Crippen molar-refractivity contribution in [2.45, 2.75) is 0 Å². The zero-order valence-electron chi connectivity index (χ0n) is 14.8. The maximum Gasteiger partial charge on any atom is 0.119 e. The molecule has 130 valence electrons. The van der Waals surface area contributed by atoms with E-state index in [0.717, 1.165) is 28.6 Å². The standard InChI is InChI=1S/C14H15NO2.C7H9N/c1-16-13-7-3-11(4-8-13)15-12-5-9-14(17-2)10-6-12;1-8-7-5-3-2-4-6-7/h3-10,15H,1-2H3;2-6,8H,1H3. The molecule has 0 aliphatic rings. The fourth-order valence-electron chi connectivity index (χ4n) is 2.12. The van der Waals surface area contributed by atoms with Crippen LogP contribution in [0.5, 0.6) is 11.5 Å². The van der Waals surface area contributed by atoms with Crippen LogP contribution in [-0.4, -0.2) is 21.3 Å². The third-order valence-electron chi connectivity index (χ3n) is 3.53. The van der Waals surface area contributed by atoms with Crippen LogP contribution in [0.1, 0.15) is 0 Å². The lowest BCUT2D eigenvalue weighted by Gasteiger charge is -2.08. The number of rotatable bonds is 5. The van der Waals surface area contributed by atoms with Gasteiger partial charge in [-0.15, -0.1) is 0 Å². The van der Waals surface area contributed by atoms with Gasteiger partial charge >= 0.3 is 0 Å². The van der Waals surface area contributed by atoms with Crippen molar-refractivity contribution in [3.63, 3.8) is 0 Å². The third kappa shape index (κ3) is 6.11. The molecular weight excluding hydrogens is 312 g/mol. The highest BCUT2D eigenvalue weighted by atomic mass is 16.5. The highest BCUT2D eigenvalue weighted by molar-refractivity contribution is 5.60. The fraction of sp³-hybridized carbons (Fsp3) is 0.143. The molecule has 0 aromatic heterocycles. The van der Waals surface area contributed by atoms with Crippen LogP contribution in [0.25, 0.3) is 0 Å². The summed E-state index contributed by atoms with van der Waals surface area (Å²) in [5.41, 5.74) is 3.21. The Labute approximate surface area is 149 Å². The summed E-state index contributed by atoms with van der Waals surface area (Å²) in [4.78, 5) is 0. The molecule has 25 heavy (non-hydrogen) atoms. The summed E-state index contributed by atoms with van der Waals surface area (Å²) < 4.78 is 10.2. The van der Waals surface area contributed by atoms with Crippen molar-refractivity contribution < 1.29 is 9.47 Å². The van der Waals surface area contributed by atoms with E-state index in [4.69, 9.17) is 9.47 Å². The lowest BCUT2D eigenvalue weighted by Crippen LogP contribution is -1.90. The van der Waals surface area contributed by atoms with Gasteiger partial charge in [-0.1, -0.05) is 18.2 Å². The molecule has 4 nitrogen and oxygen atoms in total. The monoisotopic (exact) mass is 336 g/mol. The highest BCUT2D eigenvalue weighted by Crippen LogP contribution is 2.21. The van der Waals surface area contributed by atoms with E-state index in [9.17, 15) is 0 Å². The Morgan fingerprint density at radius 2 is 1.00 bits per heavy atom. The Morgan fingerprint density at radius 1 is 0.560 bits per heavy atom. The Bertz CT molecular complexity index is 681. The summed E-state index contributed by atoms with van der Waals surface area (Å²) in [5.74, 6) is 1.70. The molecule has 2 N–H and O–H groups in total. The molecule has 4 heteroatoms. The molecule has 0 radical (unpaired) electrons. The average Bonchev–Trinajstić information content (AvgIpc) is 2.70. The van der Waals surface area contributed by atoms with Crippen molar-refractivity contribution in [1.82, 2.24) is 0 Å². The Kier molecular flexibility index (Phi) is 7.19. The summed E-state index contributed by atoms with van der Waals surface area (Å²) in [7, 11) is 5.23. The molecule has 0 saturated carbocycles. The van der Waals surface area contributed by atoms with Gasteiger partial charge in [0.1, 0.15) is 11.5 Å². The van der Waals surface area contributed by atoms with E-state index >= 15 is 0 Å². The van der Waals surface area contributed by atoms with E-state index in [-0.39, 0.29) is 0 Å². The van der Waals surface area contributed by atoms with Gasteiger partial charge in [-0.2, -0.15) is 0 Å². The normalized spacial score (nSPS) is 9.40. The second-order valence-corrected chi connectivity index (χ2v) is 5.20. The zero-order chi connectivity index (χ0) is 17.9. The molecule has 3 rings (SSSR count). The molecule has 0 unspecified atom stereocenters. The smallest absolute Gasteiger partial charge is 0.119 e. The van der Waals surface area contributed by atoms with Crippen molar-refractivity contribution in [3.05, 3.63) is 78.9 Å². The number of para-hydroxylation sites is 1. The lowest BCUT2D eigenvalue weighted by atomic mass is 10.2. The Morgan fingerprint density at radius 3 is 1.32 bits per heavy atom. The molecule has 0 heterocycles. The molecule has 3 aromatic rings. The summed E-state index contributed by atoms with van der Waals surface area (Å²) in [5, 5.41) is 6.32. The van der Waals surface area contributed by atoms with Crippen LogP contribution in [0, 0.1) is 0 Å². The number of anilines is 3. The predicted molar refractivity (Wildman–Crippen MR) is 105 cm³/mol. The van der Waals surface area contributed by atoms with E-state index in [1.54, 1.807) is 14.2 Å². The maximum absolute atomic E-state index is 5.11. The van der Waals surface area contributed by atoms with Gasteiger partial charge in [0.05, 0.1) is 14.2 Å². The average molecular weight is 336 g/mol. The summed E-state index contributed by atoms with van der Waals surface area (Å²) in [6, 6.07) is 25.7. The van der Waals surface area contributed by atoms with Crippen LogP contribution < -0.4 is 20.1 Å². The van der Waals surface area contributed by atoms with Crippen LogP contribution in [0.15, 0.2) is 78.9 Å². The van der Waals surface area contributed by atoms with Gasteiger partial charge in [-0.05, 0) is 60.7 Å². The van der Waals surface area contributed by atoms with E-state index in [1.165, 1.54) is 0 Å². The van der Waals surface area contributed by atoms with Gasteiger partial charge < -0.3 is 20.1 Å². The van der Waals surface area contributed by atoms with E-state index in [1.807, 2.05) is 85.9 Å². The Hall–Kier alpha value is -3.14. The molecule has 0 aliphatic heterocycles. The first kappa shape index (κ1) is 18.2. The van der Waals surface area contributed by atoms with Gasteiger partial charge in [0, 0.05) is 24.1 Å². The van der Waals surface area contributed by atoms with Crippen LogP contribution in [0.2, 0.25) is 0 Å². The third-order valence-corrected chi connectivity index (χ3v) is 3.53. The first-order valence-electron chi connectivity index (χ1n) is 8.03. The van der Waals surface area contributed by atoms with E-state index in [2.05, 4.69) is 10.6 Å². The topological polar surface area (TPSA) is 42.5 Å². The van der Waals surface area contributed by atoms with Gasteiger partial charge in [-0.3, -0.25) is 0 Å². The fourth-order valence-corrected chi connectivity index (χ4v) is 2.12. The highest BCUT2D eigenvalue weighted by Gasteiger charge is 1.96. The quantitative estimate of drug-likeness (QED) is 0.674. The molecule has 0 spiro atoms. The number of hydrogen-bond acceptors (Lipinski definition) is 4. The van der Waals surface area contributed by atoms with E-state index in [0.29, 0.717) is 0 Å². The van der Waals surface area contributed by atoms with Gasteiger partial charge in [0.2, 0.25) is 0 Å². The van der Waals surface area contributed by atoms with Gasteiger partial charge in [-0.25, -0.2) is 0 Å². The minimum absolute atomic E-state index is 0.852. The molecule has 0 amide bonds.